The van der Waals surface area contributed by atoms with Gasteiger partial charge in [0, 0.05) is 11.8 Å². The molecule has 0 spiro atoms. The van der Waals surface area contributed by atoms with Crippen LogP contribution in [0.15, 0.2) is 0 Å². The summed E-state index contributed by atoms with van der Waals surface area (Å²) in [5.74, 6) is 1.34. The first-order valence-corrected chi connectivity index (χ1v) is 8.43. The highest BCUT2D eigenvalue weighted by Crippen LogP contribution is 2.21. The van der Waals surface area contributed by atoms with E-state index in [4.69, 9.17) is 0 Å². The van der Waals surface area contributed by atoms with Crippen molar-refractivity contribution in [1.29, 1.82) is 0 Å². The minimum absolute atomic E-state index is 0.000651. The van der Waals surface area contributed by atoms with Gasteiger partial charge in [-0.1, -0.05) is 20.8 Å². The molecule has 0 aromatic rings. The van der Waals surface area contributed by atoms with E-state index in [0.717, 1.165) is 5.75 Å². The summed E-state index contributed by atoms with van der Waals surface area (Å²) in [6.07, 6.45) is 3.41. The third-order valence-corrected chi connectivity index (χ3v) is 4.30. The summed E-state index contributed by atoms with van der Waals surface area (Å²) in [4.78, 5) is 26.6. The van der Waals surface area contributed by atoms with Gasteiger partial charge in [-0.05, 0) is 31.9 Å². The molecule has 1 rings (SSSR count). The van der Waals surface area contributed by atoms with Crippen LogP contribution in [0.25, 0.3) is 0 Å². The molecule has 0 aromatic carbocycles. The molecule has 4 nitrogen and oxygen atoms in total. The fourth-order valence-electron chi connectivity index (χ4n) is 2.65. The van der Waals surface area contributed by atoms with E-state index in [1.807, 2.05) is 25.0 Å². The quantitative estimate of drug-likeness (QED) is 0.811. The predicted molar refractivity (Wildman–Crippen MR) is 80.2 cm³/mol. The third-order valence-electron chi connectivity index (χ3n) is 3.48. The second kappa shape index (κ2) is 7.17. The van der Waals surface area contributed by atoms with E-state index in [9.17, 15) is 9.59 Å². The Kier molecular flexibility index (Phi) is 6.17. The van der Waals surface area contributed by atoms with E-state index < -0.39 is 0 Å². The number of piperazine rings is 1. The third kappa shape index (κ3) is 3.88. The maximum atomic E-state index is 12.6. The van der Waals surface area contributed by atoms with Crippen molar-refractivity contribution in [3.8, 4) is 0 Å². The van der Waals surface area contributed by atoms with Crippen LogP contribution < -0.4 is 5.32 Å². The van der Waals surface area contributed by atoms with Gasteiger partial charge in [0.05, 0.1) is 0 Å². The first kappa shape index (κ1) is 16.3. The standard InChI is InChI=1S/C14H26N2O2S/c1-6-12-13(17)15-11(7-9(2)3)14(18)16(12)10(4)8-19-5/h9-12H,6-8H2,1-5H3,(H,15,17). The highest BCUT2D eigenvalue weighted by atomic mass is 32.2. The maximum Gasteiger partial charge on any atom is 0.246 e. The van der Waals surface area contributed by atoms with E-state index in [0.29, 0.717) is 18.8 Å². The average Bonchev–Trinajstić information content (AvgIpc) is 2.32. The number of nitrogens with zero attached hydrogens (tertiary/aromatic N) is 1. The van der Waals surface area contributed by atoms with E-state index in [1.54, 1.807) is 11.8 Å². The fraction of sp³-hybridized carbons (Fsp3) is 0.857. The summed E-state index contributed by atoms with van der Waals surface area (Å²) in [5, 5.41) is 2.89. The Balaban J connectivity index is 2.92. The predicted octanol–water partition coefficient (Wildman–Crippen LogP) is 1.89. The Morgan fingerprint density at radius 2 is 1.95 bits per heavy atom. The smallest absolute Gasteiger partial charge is 0.246 e. The lowest BCUT2D eigenvalue weighted by atomic mass is 9.96. The zero-order chi connectivity index (χ0) is 14.6. The van der Waals surface area contributed by atoms with Gasteiger partial charge < -0.3 is 10.2 Å². The highest BCUT2D eigenvalue weighted by molar-refractivity contribution is 7.98. The largest absolute Gasteiger partial charge is 0.342 e. The minimum atomic E-state index is -0.348. The molecule has 0 saturated carbocycles. The Labute approximate surface area is 120 Å². The molecule has 0 radical (unpaired) electrons. The summed E-state index contributed by atoms with van der Waals surface area (Å²) >= 11 is 1.71. The number of amides is 2. The second-order valence-corrected chi connectivity index (χ2v) is 6.58. The first-order chi connectivity index (χ1) is 8.92. The molecule has 1 N–H and O–H groups in total. The van der Waals surface area contributed by atoms with Crippen molar-refractivity contribution in [1.82, 2.24) is 10.2 Å². The van der Waals surface area contributed by atoms with Crippen LogP contribution in [-0.2, 0) is 9.59 Å². The van der Waals surface area contributed by atoms with Crippen LogP contribution in [-0.4, -0.2) is 46.8 Å². The van der Waals surface area contributed by atoms with Crippen LogP contribution in [0, 0.1) is 5.92 Å². The molecule has 0 aliphatic carbocycles. The van der Waals surface area contributed by atoms with Crippen LogP contribution in [0.1, 0.15) is 40.5 Å². The van der Waals surface area contributed by atoms with Gasteiger partial charge in [-0.2, -0.15) is 11.8 Å². The minimum Gasteiger partial charge on any atom is -0.342 e. The zero-order valence-electron chi connectivity index (χ0n) is 12.6. The summed E-state index contributed by atoms with van der Waals surface area (Å²) in [5.41, 5.74) is 0. The van der Waals surface area contributed by atoms with E-state index in [2.05, 4.69) is 19.2 Å². The van der Waals surface area contributed by atoms with E-state index >= 15 is 0 Å². The molecule has 0 bridgehead atoms. The normalized spacial score (nSPS) is 25.7. The molecule has 1 fully saturated rings. The van der Waals surface area contributed by atoms with Crippen LogP contribution in [0.2, 0.25) is 0 Å². The molecule has 1 heterocycles. The zero-order valence-corrected chi connectivity index (χ0v) is 13.4. The fourth-order valence-corrected chi connectivity index (χ4v) is 3.29. The summed E-state index contributed by atoms with van der Waals surface area (Å²) in [6.45, 7) is 8.13. The molecule has 110 valence electrons. The Hall–Kier alpha value is -0.710. The van der Waals surface area contributed by atoms with Gasteiger partial charge in [-0.25, -0.2) is 0 Å². The molecule has 3 atom stereocenters. The van der Waals surface area contributed by atoms with E-state index in [-0.39, 0.29) is 29.9 Å². The van der Waals surface area contributed by atoms with Gasteiger partial charge in [0.25, 0.3) is 0 Å². The molecule has 1 saturated heterocycles. The molecule has 19 heavy (non-hydrogen) atoms. The van der Waals surface area contributed by atoms with Crippen molar-refractivity contribution in [3.05, 3.63) is 0 Å². The van der Waals surface area contributed by atoms with Crippen molar-refractivity contribution in [3.63, 3.8) is 0 Å². The van der Waals surface area contributed by atoms with Crippen LogP contribution >= 0.6 is 11.8 Å². The number of thioether (sulfide) groups is 1. The van der Waals surface area contributed by atoms with Crippen molar-refractivity contribution < 1.29 is 9.59 Å². The van der Waals surface area contributed by atoms with Crippen molar-refractivity contribution in [2.45, 2.75) is 58.7 Å². The van der Waals surface area contributed by atoms with Gasteiger partial charge >= 0.3 is 0 Å². The van der Waals surface area contributed by atoms with Gasteiger partial charge in [0.1, 0.15) is 12.1 Å². The molecule has 5 heteroatoms. The Morgan fingerprint density at radius 3 is 2.42 bits per heavy atom. The van der Waals surface area contributed by atoms with Gasteiger partial charge in [0.2, 0.25) is 11.8 Å². The van der Waals surface area contributed by atoms with E-state index in [1.165, 1.54) is 0 Å². The molecule has 3 unspecified atom stereocenters. The number of carbonyl (C=O) groups excluding carboxylic acids is 2. The average molecular weight is 286 g/mol. The van der Waals surface area contributed by atoms with Gasteiger partial charge in [0.15, 0.2) is 0 Å². The molecule has 0 aromatic heterocycles. The summed E-state index contributed by atoms with van der Waals surface area (Å²) in [6, 6.07) is -0.550. The lowest BCUT2D eigenvalue weighted by molar-refractivity contribution is -0.151. The lowest BCUT2D eigenvalue weighted by Crippen LogP contribution is -2.65. The number of rotatable bonds is 6. The Morgan fingerprint density at radius 1 is 1.32 bits per heavy atom. The number of hydrogen-bond donors (Lipinski definition) is 1. The molecule has 2 amide bonds. The summed E-state index contributed by atoms with van der Waals surface area (Å²) in [7, 11) is 0. The van der Waals surface area contributed by atoms with Gasteiger partial charge in [-0.3, -0.25) is 9.59 Å². The highest BCUT2D eigenvalue weighted by Gasteiger charge is 2.41. The molecular formula is C14H26N2O2S. The van der Waals surface area contributed by atoms with Gasteiger partial charge in [-0.15, -0.1) is 0 Å². The van der Waals surface area contributed by atoms with Crippen LogP contribution in [0.5, 0.6) is 0 Å². The van der Waals surface area contributed by atoms with Crippen molar-refractivity contribution >= 4 is 23.6 Å². The number of nitrogens with one attached hydrogen (secondary N) is 1. The second-order valence-electron chi connectivity index (χ2n) is 5.66. The lowest BCUT2D eigenvalue weighted by Gasteiger charge is -2.42. The number of carbonyl (C=O) groups is 2. The first-order valence-electron chi connectivity index (χ1n) is 7.03. The van der Waals surface area contributed by atoms with Crippen LogP contribution in [0.4, 0.5) is 0 Å². The SMILES string of the molecule is CCC1C(=O)NC(CC(C)C)C(=O)N1C(C)CSC. The number of hydrogen-bond acceptors (Lipinski definition) is 3. The summed E-state index contributed by atoms with van der Waals surface area (Å²) < 4.78 is 0. The molecule has 1 aliphatic rings. The monoisotopic (exact) mass is 286 g/mol. The topological polar surface area (TPSA) is 49.4 Å². The molecule has 1 aliphatic heterocycles. The Bertz CT molecular complexity index is 333. The maximum absolute atomic E-state index is 12.6. The van der Waals surface area contributed by atoms with Crippen molar-refractivity contribution in [2.24, 2.45) is 5.92 Å². The molecular weight excluding hydrogens is 260 g/mol. The van der Waals surface area contributed by atoms with Crippen molar-refractivity contribution in [2.75, 3.05) is 12.0 Å². The van der Waals surface area contributed by atoms with Crippen LogP contribution in [0.3, 0.4) is 0 Å².